The zero-order valence-electron chi connectivity index (χ0n) is 16.7. The number of nitrogens with zero attached hydrogens (tertiary/aromatic N) is 1. The number of likely N-dealkylation sites (tertiary alicyclic amines) is 1. The van der Waals surface area contributed by atoms with Gasteiger partial charge in [-0.3, -0.25) is 9.59 Å². The molecule has 7 heteroatoms. The summed E-state index contributed by atoms with van der Waals surface area (Å²) in [5, 5.41) is 12.1. The van der Waals surface area contributed by atoms with Gasteiger partial charge in [0.2, 0.25) is 5.91 Å². The first-order valence-corrected chi connectivity index (χ1v) is 9.96. The van der Waals surface area contributed by atoms with Crippen molar-refractivity contribution in [3.8, 4) is 5.75 Å². The largest absolute Gasteiger partial charge is 0.489 e. The van der Waals surface area contributed by atoms with Crippen molar-refractivity contribution in [2.75, 3.05) is 13.1 Å². The first-order valence-electron chi connectivity index (χ1n) is 9.96. The van der Waals surface area contributed by atoms with Crippen LogP contribution in [0.3, 0.4) is 0 Å². The highest BCUT2D eigenvalue weighted by atomic mass is 16.5. The van der Waals surface area contributed by atoms with Gasteiger partial charge >= 0.3 is 5.97 Å². The number of aliphatic carboxylic acids is 1. The van der Waals surface area contributed by atoms with Crippen molar-refractivity contribution >= 4 is 17.8 Å². The van der Waals surface area contributed by atoms with Gasteiger partial charge in [-0.25, -0.2) is 4.79 Å². The van der Waals surface area contributed by atoms with Crippen LogP contribution >= 0.6 is 0 Å². The van der Waals surface area contributed by atoms with Crippen molar-refractivity contribution < 1.29 is 24.2 Å². The molecule has 2 N–H and O–H groups in total. The van der Waals surface area contributed by atoms with Gasteiger partial charge in [-0.05, 0) is 42.2 Å². The smallest absolute Gasteiger partial charge is 0.326 e. The summed E-state index contributed by atoms with van der Waals surface area (Å²) in [6, 6.07) is 15.6. The highest BCUT2D eigenvalue weighted by molar-refractivity contribution is 5.97. The van der Waals surface area contributed by atoms with Crippen LogP contribution < -0.4 is 10.1 Å². The van der Waals surface area contributed by atoms with Gasteiger partial charge in [-0.15, -0.1) is 0 Å². The van der Waals surface area contributed by atoms with Gasteiger partial charge in [-0.1, -0.05) is 37.3 Å². The highest BCUT2D eigenvalue weighted by Crippen LogP contribution is 2.61. The molecule has 0 unspecified atom stereocenters. The number of nitrogens with one attached hydrogen (secondary N) is 1. The molecule has 156 valence electrons. The molecule has 7 nitrogen and oxygen atoms in total. The number of benzene rings is 2. The Morgan fingerprint density at radius 2 is 1.83 bits per heavy atom. The van der Waals surface area contributed by atoms with Gasteiger partial charge in [0, 0.05) is 17.5 Å². The highest BCUT2D eigenvalue weighted by Gasteiger charge is 2.66. The summed E-state index contributed by atoms with van der Waals surface area (Å²) >= 11 is 0. The van der Waals surface area contributed by atoms with E-state index in [9.17, 15) is 19.5 Å². The number of ether oxygens (including phenoxy) is 1. The van der Waals surface area contributed by atoms with Crippen LogP contribution in [0, 0.1) is 11.3 Å². The second-order valence-corrected chi connectivity index (χ2v) is 8.18. The molecule has 30 heavy (non-hydrogen) atoms. The third-order valence-electron chi connectivity index (χ3n) is 6.13. The fraction of sp³-hybridized carbons (Fsp3) is 0.348. The number of amides is 2. The Kier molecular flexibility index (Phi) is 5.20. The Hall–Kier alpha value is -3.35. The summed E-state index contributed by atoms with van der Waals surface area (Å²) in [4.78, 5) is 37.9. The van der Waals surface area contributed by atoms with Gasteiger partial charge in [0.05, 0.1) is 6.54 Å². The maximum atomic E-state index is 12.5. The number of rotatable bonds is 7. The van der Waals surface area contributed by atoms with Crippen molar-refractivity contribution in [1.29, 1.82) is 0 Å². The minimum absolute atomic E-state index is 0.225. The minimum Gasteiger partial charge on any atom is -0.489 e. The van der Waals surface area contributed by atoms with Crippen LogP contribution in [0.4, 0.5) is 0 Å². The molecular formula is C23H24N2O5. The average molecular weight is 408 g/mol. The number of hydrogen-bond donors (Lipinski definition) is 2. The van der Waals surface area contributed by atoms with Crippen LogP contribution in [0.15, 0.2) is 54.6 Å². The van der Waals surface area contributed by atoms with E-state index in [-0.39, 0.29) is 29.7 Å². The molecular weight excluding hydrogens is 384 g/mol. The number of carboxylic acids is 1. The third-order valence-corrected chi connectivity index (χ3v) is 6.13. The minimum atomic E-state index is -0.983. The number of carbonyl (C=O) groups excluding carboxylic acids is 2. The first kappa shape index (κ1) is 19.9. The number of hydrogen-bond acceptors (Lipinski definition) is 4. The van der Waals surface area contributed by atoms with Gasteiger partial charge in [0.15, 0.2) is 0 Å². The maximum absolute atomic E-state index is 12.5. The standard InChI is InChI=1S/C23H24N2O5/c1-23-11-17(23)13-25(20(23)22(28)29)19(26)12-24-21(27)16-7-9-18(10-8-16)30-14-15-5-3-2-4-6-15/h2-10,17,20H,11-14H2,1H3,(H,24,27)(H,28,29)/t17-,20-,23-/m1/s1. The molecule has 2 aliphatic rings. The molecule has 3 atom stereocenters. The molecule has 4 rings (SSSR count). The van der Waals surface area contributed by atoms with Crippen LogP contribution in [0.5, 0.6) is 5.75 Å². The van der Waals surface area contributed by atoms with Gasteiger partial charge in [0.1, 0.15) is 18.4 Å². The normalized spacial score (nSPS) is 24.1. The summed E-state index contributed by atoms with van der Waals surface area (Å²) in [6.07, 6.45) is 0.832. The molecule has 2 fully saturated rings. The van der Waals surface area contributed by atoms with Gasteiger partial charge in [0.25, 0.3) is 5.91 Å². The van der Waals surface area contributed by atoms with E-state index in [4.69, 9.17) is 4.74 Å². The van der Waals surface area contributed by atoms with E-state index in [0.717, 1.165) is 12.0 Å². The molecule has 2 amide bonds. The number of piperidine rings is 1. The Bertz CT molecular complexity index is 959. The summed E-state index contributed by atoms with van der Waals surface area (Å²) < 4.78 is 5.70. The number of carboxylic acid groups (broad SMARTS) is 1. The second-order valence-electron chi connectivity index (χ2n) is 8.18. The van der Waals surface area contributed by atoms with Gasteiger partial charge in [-0.2, -0.15) is 0 Å². The average Bonchev–Trinajstić information content (AvgIpc) is 3.30. The van der Waals surface area contributed by atoms with Gasteiger partial charge < -0.3 is 20.1 Å². The number of fused-ring (bicyclic) bond motifs is 1. The zero-order chi connectivity index (χ0) is 21.3. The molecule has 1 saturated carbocycles. The second kappa shape index (κ2) is 7.82. The van der Waals surface area contributed by atoms with E-state index in [2.05, 4.69) is 5.32 Å². The molecule has 0 aromatic heterocycles. The molecule has 2 aromatic rings. The summed E-state index contributed by atoms with van der Waals surface area (Å²) in [6.45, 7) is 2.55. The maximum Gasteiger partial charge on any atom is 0.326 e. The Labute approximate surface area is 174 Å². The van der Waals surface area contributed by atoms with E-state index < -0.39 is 12.0 Å². The van der Waals surface area contributed by atoms with E-state index in [1.54, 1.807) is 24.3 Å². The molecule has 0 radical (unpaired) electrons. The van der Waals surface area contributed by atoms with Crippen molar-refractivity contribution in [3.05, 3.63) is 65.7 Å². The summed E-state index contributed by atoms with van der Waals surface area (Å²) in [5.41, 5.74) is 1.12. The molecule has 1 aliphatic heterocycles. The third kappa shape index (κ3) is 3.87. The van der Waals surface area contributed by atoms with E-state index in [0.29, 0.717) is 24.5 Å². The monoisotopic (exact) mass is 408 g/mol. The Balaban J connectivity index is 1.29. The molecule has 0 spiro atoms. The Morgan fingerprint density at radius 1 is 1.13 bits per heavy atom. The first-order chi connectivity index (χ1) is 14.4. The van der Waals surface area contributed by atoms with Crippen LogP contribution in [0.1, 0.15) is 29.3 Å². The fourth-order valence-corrected chi connectivity index (χ4v) is 4.24. The van der Waals surface area contributed by atoms with E-state index in [1.165, 1.54) is 4.90 Å². The van der Waals surface area contributed by atoms with Crippen LogP contribution in [0.2, 0.25) is 0 Å². The molecule has 1 heterocycles. The predicted molar refractivity (Wildman–Crippen MR) is 109 cm³/mol. The lowest BCUT2D eigenvalue weighted by Gasteiger charge is -2.27. The zero-order valence-corrected chi connectivity index (χ0v) is 16.7. The van der Waals surface area contributed by atoms with Crippen molar-refractivity contribution in [2.24, 2.45) is 11.3 Å². The van der Waals surface area contributed by atoms with Crippen LogP contribution in [-0.4, -0.2) is 46.9 Å². The molecule has 1 saturated heterocycles. The summed E-state index contributed by atoms with van der Waals surface area (Å²) in [5.74, 6) is -0.863. The Morgan fingerprint density at radius 3 is 2.50 bits per heavy atom. The predicted octanol–water partition coefficient (Wildman–Crippen LogP) is 2.32. The topological polar surface area (TPSA) is 95.9 Å². The van der Waals surface area contributed by atoms with Crippen LogP contribution in [0.25, 0.3) is 0 Å². The van der Waals surface area contributed by atoms with Crippen molar-refractivity contribution in [3.63, 3.8) is 0 Å². The molecule has 2 aromatic carbocycles. The lowest BCUT2D eigenvalue weighted by atomic mass is 9.99. The molecule has 0 bridgehead atoms. The summed E-state index contributed by atoms with van der Waals surface area (Å²) in [7, 11) is 0. The lowest BCUT2D eigenvalue weighted by Crippen LogP contribution is -2.49. The van der Waals surface area contributed by atoms with Crippen molar-refractivity contribution in [2.45, 2.75) is 26.0 Å². The van der Waals surface area contributed by atoms with E-state index in [1.807, 2.05) is 37.3 Å². The SMILES string of the molecule is C[C@@]12C[C@@H]1CN(C(=O)CNC(=O)c1ccc(OCc3ccccc3)cc1)[C@@H]2C(=O)O. The van der Waals surface area contributed by atoms with Crippen molar-refractivity contribution in [1.82, 2.24) is 10.2 Å². The number of carbonyl (C=O) groups is 3. The lowest BCUT2D eigenvalue weighted by molar-refractivity contribution is -0.150. The quantitative estimate of drug-likeness (QED) is 0.733. The molecule has 1 aliphatic carbocycles. The fourth-order valence-electron chi connectivity index (χ4n) is 4.24. The van der Waals surface area contributed by atoms with E-state index >= 15 is 0 Å². The van der Waals surface area contributed by atoms with Crippen LogP contribution in [-0.2, 0) is 16.2 Å².